The van der Waals surface area contributed by atoms with E-state index in [-0.39, 0.29) is 6.42 Å². The highest BCUT2D eigenvalue weighted by Crippen LogP contribution is 2.35. The minimum absolute atomic E-state index is 0.182. The van der Waals surface area contributed by atoms with Crippen molar-refractivity contribution in [2.24, 2.45) is 0 Å². The van der Waals surface area contributed by atoms with Gasteiger partial charge in [-0.1, -0.05) is 36.2 Å². The third-order valence-electron chi connectivity index (χ3n) is 4.82. The number of halogens is 2. The third kappa shape index (κ3) is 4.12. The monoisotopic (exact) mass is 404 g/mol. The fourth-order valence-electron chi connectivity index (χ4n) is 3.45. The Balaban J connectivity index is 2.13. The van der Waals surface area contributed by atoms with Crippen molar-refractivity contribution in [3.63, 3.8) is 0 Å². The summed E-state index contributed by atoms with van der Waals surface area (Å²) in [6.07, 6.45) is 3.27. The fourth-order valence-corrected chi connectivity index (χ4v) is 3.75. The summed E-state index contributed by atoms with van der Waals surface area (Å²) in [5.41, 5.74) is 6.35. The molecule has 0 amide bonds. The van der Waals surface area contributed by atoms with Gasteiger partial charge in [0.15, 0.2) is 0 Å². The fraction of sp³-hybridized carbons (Fsp3) is 0.333. The van der Waals surface area contributed by atoms with E-state index in [1.807, 2.05) is 29.6 Å². The molecule has 3 aromatic rings. The number of aromatic nitrogens is 2. The molecule has 3 rings (SSSR count). The van der Waals surface area contributed by atoms with Gasteiger partial charge in [-0.25, -0.2) is 4.52 Å². The molecule has 0 unspecified atom stereocenters. The van der Waals surface area contributed by atoms with Gasteiger partial charge in [0.1, 0.15) is 0 Å². The number of fused-ring (bicyclic) bond motifs is 1. The van der Waals surface area contributed by atoms with Gasteiger partial charge in [0.2, 0.25) is 0 Å². The number of hydrogen-bond acceptors (Lipinski definition) is 2. The number of carbonyl (C=O) groups is 1. The van der Waals surface area contributed by atoms with E-state index in [0.29, 0.717) is 16.5 Å². The summed E-state index contributed by atoms with van der Waals surface area (Å²) in [6, 6.07) is 9.85. The van der Waals surface area contributed by atoms with Crippen LogP contribution >= 0.6 is 23.2 Å². The standard InChI is InChI=1S/C21H22Cl2N2O2/c1-3-15-9-11-19-21(14-8-10-17(22)18(23)12-14)16(13(2)24-25(15)19)6-4-5-7-20(26)27/h8-12H,3-7H2,1-2H3,(H,26,27). The van der Waals surface area contributed by atoms with Gasteiger partial charge in [0.05, 0.1) is 21.3 Å². The van der Waals surface area contributed by atoms with E-state index in [1.54, 1.807) is 0 Å². The molecule has 0 saturated heterocycles. The molecule has 0 saturated carbocycles. The number of benzene rings is 1. The predicted molar refractivity (Wildman–Crippen MR) is 110 cm³/mol. The molecule has 0 aliphatic heterocycles. The number of rotatable bonds is 7. The quantitative estimate of drug-likeness (QED) is 0.492. The van der Waals surface area contributed by atoms with E-state index >= 15 is 0 Å². The Morgan fingerprint density at radius 3 is 2.59 bits per heavy atom. The molecule has 1 aromatic carbocycles. The molecule has 0 aliphatic carbocycles. The van der Waals surface area contributed by atoms with E-state index < -0.39 is 5.97 Å². The highest BCUT2D eigenvalue weighted by Gasteiger charge is 2.17. The summed E-state index contributed by atoms with van der Waals surface area (Å²) in [7, 11) is 0. The van der Waals surface area contributed by atoms with Crippen molar-refractivity contribution in [3.8, 4) is 11.1 Å². The summed E-state index contributed by atoms with van der Waals surface area (Å²) in [4.78, 5) is 10.8. The average molecular weight is 405 g/mol. The Morgan fingerprint density at radius 2 is 1.93 bits per heavy atom. The number of carboxylic acids is 1. The Bertz CT molecular complexity index is 996. The molecule has 2 heterocycles. The molecule has 0 aliphatic rings. The first kappa shape index (κ1) is 19.7. The summed E-state index contributed by atoms with van der Waals surface area (Å²) in [5, 5.41) is 14.7. The minimum Gasteiger partial charge on any atom is -0.481 e. The molecule has 0 atom stereocenters. The lowest BCUT2D eigenvalue weighted by molar-refractivity contribution is -0.137. The van der Waals surface area contributed by atoms with Crippen LogP contribution in [0.3, 0.4) is 0 Å². The van der Waals surface area contributed by atoms with Gasteiger partial charge >= 0.3 is 5.97 Å². The first-order valence-corrected chi connectivity index (χ1v) is 9.85. The number of unbranched alkanes of at least 4 members (excludes halogenated alkanes) is 1. The molecule has 27 heavy (non-hydrogen) atoms. The normalized spacial score (nSPS) is 11.3. The number of carboxylic acid groups (broad SMARTS) is 1. The maximum absolute atomic E-state index is 10.8. The van der Waals surface area contributed by atoms with Crippen LogP contribution in [0.15, 0.2) is 30.3 Å². The number of hydrogen-bond donors (Lipinski definition) is 1. The van der Waals surface area contributed by atoms with Gasteiger partial charge in [-0.15, -0.1) is 0 Å². The van der Waals surface area contributed by atoms with Crippen LogP contribution in [0.1, 0.15) is 43.1 Å². The molecular weight excluding hydrogens is 383 g/mol. The maximum atomic E-state index is 10.8. The Hall–Kier alpha value is -2.04. The van der Waals surface area contributed by atoms with E-state index in [0.717, 1.165) is 52.9 Å². The molecule has 6 heteroatoms. The first-order chi connectivity index (χ1) is 12.9. The molecule has 0 spiro atoms. The van der Waals surface area contributed by atoms with Gasteiger partial charge in [-0.3, -0.25) is 4.79 Å². The van der Waals surface area contributed by atoms with Gasteiger partial charge < -0.3 is 5.11 Å². The van der Waals surface area contributed by atoms with Crippen LogP contribution in [0.5, 0.6) is 0 Å². The van der Waals surface area contributed by atoms with Crippen molar-refractivity contribution in [3.05, 3.63) is 57.3 Å². The summed E-state index contributed by atoms with van der Waals surface area (Å²) in [6.45, 7) is 4.11. The molecule has 0 bridgehead atoms. The highest BCUT2D eigenvalue weighted by molar-refractivity contribution is 6.42. The summed E-state index contributed by atoms with van der Waals surface area (Å²) < 4.78 is 1.99. The average Bonchev–Trinajstić information content (AvgIpc) is 3.03. The zero-order valence-corrected chi connectivity index (χ0v) is 16.9. The minimum atomic E-state index is -0.760. The second-order valence-corrected chi connectivity index (χ2v) is 7.46. The van der Waals surface area contributed by atoms with Crippen molar-refractivity contribution in [1.29, 1.82) is 0 Å². The SMILES string of the molecule is CCc1ccc2c(-c3ccc(Cl)c(Cl)c3)c(CCCCC(=O)O)c(C)nn12. The Labute approximate surface area is 168 Å². The maximum Gasteiger partial charge on any atom is 0.303 e. The van der Waals surface area contributed by atoms with E-state index in [1.165, 1.54) is 0 Å². The predicted octanol–water partition coefficient (Wildman–Crippen LogP) is 5.98. The lowest BCUT2D eigenvalue weighted by Crippen LogP contribution is -2.06. The Morgan fingerprint density at radius 1 is 1.15 bits per heavy atom. The molecule has 4 nitrogen and oxygen atoms in total. The number of aryl methyl sites for hydroxylation is 2. The zero-order chi connectivity index (χ0) is 19.6. The Kier molecular flexibility index (Phi) is 6.08. The first-order valence-electron chi connectivity index (χ1n) is 9.09. The van der Waals surface area contributed by atoms with Crippen molar-refractivity contribution in [2.45, 2.75) is 46.0 Å². The largest absolute Gasteiger partial charge is 0.481 e. The summed E-state index contributed by atoms with van der Waals surface area (Å²) >= 11 is 12.4. The van der Waals surface area contributed by atoms with Crippen LogP contribution < -0.4 is 0 Å². The van der Waals surface area contributed by atoms with Crippen LogP contribution in [0.2, 0.25) is 10.0 Å². The lowest BCUT2D eigenvalue weighted by Gasteiger charge is -2.16. The number of nitrogens with zero attached hydrogens (tertiary/aromatic N) is 2. The van der Waals surface area contributed by atoms with E-state index in [4.69, 9.17) is 33.4 Å². The molecule has 142 valence electrons. The van der Waals surface area contributed by atoms with Gasteiger partial charge in [-0.2, -0.15) is 5.10 Å². The van der Waals surface area contributed by atoms with Crippen molar-refractivity contribution in [2.75, 3.05) is 0 Å². The molecule has 2 aromatic heterocycles. The zero-order valence-electron chi connectivity index (χ0n) is 15.4. The van der Waals surface area contributed by atoms with Crippen molar-refractivity contribution >= 4 is 34.7 Å². The van der Waals surface area contributed by atoms with Crippen LogP contribution in [0.4, 0.5) is 0 Å². The molecular formula is C21H22Cl2N2O2. The van der Waals surface area contributed by atoms with Crippen LogP contribution in [-0.4, -0.2) is 20.7 Å². The topological polar surface area (TPSA) is 54.6 Å². The van der Waals surface area contributed by atoms with Crippen LogP contribution in [0, 0.1) is 6.92 Å². The van der Waals surface area contributed by atoms with Gasteiger partial charge in [0.25, 0.3) is 0 Å². The van der Waals surface area contributed by atoms with Crippen molar-refractivity contribution < 1.29 is 9.90 Å². The second-order valence-electron chi connectivity index (χ2n) is 6.64. The molecule has 1 N–H and O–H groups in total. The van der Waals surface area contributed by atoms with Crippen LogP contribution in [0.25, 0.3) is 16.6 Å². The van der Waals surface area contributed by atoms with Gasteiger partial charge in [-0.05, 0) is 68.0 Å². The number of aliphatic carboxylic acids is 1. The summed E-state index contributed by atoms with van der Waals surface area (Å²) in [5.74, 6) is -0.760. The third-order valence-corrected chi connectivity index (χ3v) is 5.56. The van der Waals surface area contributed by atoms with Gasteiger partial charge in [0, 0.05) is 17.7 Å². The van der Waals surface area contributed by atoms with E-state index in [9.17, 15) is 4.79 Å². The van der Waals surface area contributed by atoms with E-state index in [2.05, 4.69) is 19.1 Å². The van der Waals surface area contributed by atoms with Crippen molar-refractivity contribution in [1.82, 2.24) is 9.61 Å². The van der Waals surface area contributed by atoms with Crippen LogP contribution in [-0.2, 0) is 17.6 Å². The lowest BCUT2D eigenvalue weighted by atomic mass is 9.95. The molecule has 0 radical (unpaired) electrons. The second kappa shape index (κ2) is 8.32. The molecule has 0 fully saturated rings. The smallest absolute Gasteiger partial charge is 0.303 e. The highest BCUT2D eigenvalue weighted by atomic mass is 35.5.